The normalized spacial score (nSPS) is 10.5. The second-order valence-corrected chi connectivity index (χ2v) is 8.87. The first-order valence-electron chi connectivity index (χ1n) is 10.9. The lowest BCUT2D eigenvalue weighted by atomic mass is 10.0. The van der Waals surface area contributed by atoms with Crippen LogP contribution in [0.4, 0.5) is 5.69 Å². The fourth-order valence-electron chi connectivity index (χ4n) is 3.66. The molecule has 1 N–H and O–H groups in total. The Labute approximate surface area is 208 Å². The maximum atomic E-state index is 13.0. The molecule has 0 spiro atoms. The van der Waals surface area contributed by atoms with Crippen LogP contribution in [-0.4, -0.2) is 33.2 Å². The van der Waals surface area contributed by atoms with Crippen molar-refractivity contribution in [2.24, 2.45) is 0 Å². The zero-order valence-electron chi connectivity index (χ0n) is 19.7. The van der Waals surface area contributed by atoms with Gasteiger partial charge in [0.15, 0.2) is 0 Å². The van der Waals surface area contributed by atoms with Crippen LogP contribution >= 0.6 is 11.3 Å². The van der Waals surface area contributed by atoms with Crippen molar-refractivity contribution in [3.63, 3.8) is 0 Å². The first-order valence-corrected chi connectivity index (χ1v) is 11.7. The SMILES string of the molecule is COC(=O)Cc1ccc(-c2cccc(NC(=O)c3cccc(-c4ccc(OC)cc4OC)c3)c2)s1. The van der Waals surface area contributed by atoms with Gasteiger partial charge in [-0.25, -0.2) is 0 Å². The van der Waals surface area contributed by atoms with E-state index in [0.29, 0.717) is 22.7 Å². The highest BCUT2D eigenvalue weighted by Gasteiger charge is 2.13. The minimum atomic E-state index is -0.270. The molecule has 0 saturated heterocycles. The number of rotatable bonds is 8. The van der Waals surface area contributed by atoms with Crippen molar-refractivity contribution >= 4 is 28.9 Å². The van der Waals surface area contributed by atoms with Crippen LogP contribution in [0.3, 0.4) is 0 Å². The molecule has 0 aliphatic heterocycles. The maximum absolute atomic E-state index is 13.0. The van der Waals surface area contributed by atoms with Gasteiger partial charge in [0.05, 0.1) is 27.8 Å². The molecule has 35 heavy (non-hydrogen) atoms. The van der Waals surface area contributed by atoms with Gasteiger partial charge < -0.3 is 19.5 Å². The Morgan fingerprint density at radius 2 is 1.63 bits per heavy atom. The standard InChI is InChI=1S/C28H25NO5S/c1-32-22-10-12-24(25(16-22)33-2)18-6-4-8-20(14-18)28(31)29-21-9-5-7-19(15-21)26-13-11-23(35-26)17-27(30)34-3/h4-16H,17H2,1-3H3,(H,29,31). The van der Waals surface area contributed by atoms with Gasteiger partial charge in [-0.1, -0.05) is 24.3 Å². The fourth-order valence-corrected chi connectivity index (χ4v) is 4.65. The number of hydrogen-bond donors (Lipinski definition) is 1. The summed E-state index contributed by atoms with van der Waals surface area (Å²) >= 11 is 1.52. The van der Waals surface area contributed by atoms with Crippen LogP contribution in [0, 0.1) is 0 Å². The monoisotopic (exact) mass is 487 g/mol. The molecule has 0 atom stereocenters. The summed E-state index contributed by atoms with van der Waals surface area (Å²) in [6.45, 7) is 0. The zero-order chi connectivity index (χ0) is 24.8. The lowest BCUT2D eigenvalue weighted by molar-refractivity contribution is -0.139. The molecule has 0 aliphatic rings. The largest absolute Gasteiger partial charge is 0.497 e. The lowest BCUT2D eigenvalue weighted by Gasteiger charge is -2.12. The van der Waals surface area contributed by atoms with Crippen molar-refractivity contribution in [3.05, 3.63) is 89.3 Å². The molecule has 1 heterocycles. The highest BCUT2D eigenvalue weighted by atomic mass is 32.1. The molecule has 1 aromatic heterocycles. The molecule has 4 rings (SSSR count). The van der Waals surface area contributed by atoms with Gasteiger partial charge in [0.2, 0.25) is 0 Å². The topological polar surface area (TPSA) is 73.9 Å². The van der Waals surface area contributed by atoms with Crippen molar-refractivity contribution in [1.82, 2.24) is 0 Å². The number of carbonyl (C=O) groups excluding carboxylic acids is 2. The number of amides is 1. The number of ether oxygens (including phenoxy) is 3. The molecule has 0 bridgehead atoms. The Hall–Kier alpha value is -4.10. The number of benzene rings is 3. The Morgan fingerprint density at radius 3 is 2.40 bits per heavy atom. The van der Waals surface area contributed by atoms with E-state index in [1.807, 2.05) is 72.8 Å². The minimum absolute atomic E-state index is 0.214. The third kappa shape index (κ3) is 5.70. The van der Waals surface area contributed by atoms with Crippen LogP contribution < -0.4 is 14.8 Å². The fraction of sp³-hybridized carbons (Fsp3) is 0.143. The molecule has 3 aromatic carbocycles. The van der Waals surface area contributed by atoms with Gasteiger partial charge in [0.1, 0.15) is 11.5 Å². The van der Waals surface area contributed by atoms with Crippen LogP contribution in [0.5, 0.6) is 11.5 Å². The summed E-state index contributed by atoms with van der Waals surface area (Å²) in [4.78, 5) is 26.5. The summed E-state index contributed by atoms with van der Waals surface area (Å²) in [7, 11) is 4.59. The summed E-state index contributed by atoms with van der Waals surface area (Å²) < 4.78 is 15.5. The number of esters is 1. The predicted molar refractivity (Wildman–Crippen MR) is 138 cm³/mol. The van der Waals surface area contributed by atoms with Crippen molar-refractivity contribution < 1.29 is 23.8 Å². The van der Waals surface area contributed by atoms with Gasteiger partial charge in [-0.3, -0.25) is 9.59 Å². The third-order valence-corrected chi connectivity index (χ3v) is 6.59. The van der Waals surface area contributed by atoms with E-state index < -0.39 is 0 Å². The molecular formula is C28H25NO5S. The average molecular weight is 488 g/mol. The molecule has 0 saturated carbocycles. The van der Waals surface area contributed by atoms with Gasteiger partial charge >= 0.3 is 5.97 Å². The summed E-state index contributed by atoms with van der Waals surface area (Å²) in [5.74, 6) is 0.877. The molecule has 178 valence electrons. The summed E-state index contributed by atoms with van der Waals surface area (Å²) in [6, 6.07) is 24.5. The van der Waals surface area contributed by atoms with Gasteiger partial charge in [0.25, 0.3) is 5.91 Å². The lowest BCUT2D eigenvalue weighted by Crippen LogP contribution is -2.11. The van der Waals surface area contributed by atoms with Gasteiger partial charge in [0, 0.05) is 32.6 Å². The first kappa shape index (κ1) is 24.0. The highest BCUT2D eigenvalue weighted by molar-refractivity contribution is 7.15. The number of thiophene rings is 1. The first-order chi connectivity index (χ1) is 17.0. The Kier molecular flexibility index (Phi) is 7.48. The van der Waals surface area contributed by atoms with Crippen LogP contribution in [0.25, 0.3) is 21.6 Å². The van der Waals surface area contributed by atoms with E-state index in [4.69, 9.17) is 14.2 Å². The number of methoxy groups -OCH3 is 3. The molecule has 6 nitrogen and oxygen atoms in total. The smallest absolute Gasteiger partial charge is 0.310 e. The number of hydrogen-bond acceptors (Lipinski definition) is 6. The predicted octanol–water partition coefficient (Wildman–Crippen LogP) is 6.07. The van der Waals surface area contributed by atoms with Gasteiger partial charge in [-0.2, -0.15) is 0 Å². The molecular weight excluding hydrogens is 462 g/mol. The summed E-state index contributed by atoms with van der Waals surface area (Å²) in [6.07, 6.45) is 0.243. The second kappa shape index (κ2) is 10.9. The summed E-state index contributed by atoms with van der Waals surface area (Å²) in [5.41, 5.74) is 3.90. The zero-order valence-corrected chi connectivity index (χ0v) is 20.5. The molecule has 7 heteroatoms. The summed E-state index contributed by atoms with van der Waals surface area (Å²) in [5, 5.41) is 2.98. The van der Waals surface area contributed by atoms with Crippen LogP contribution in [0.1, 0.15) is 15.2 Å². The van der Waals surface area contributed by atoms with Crippen molar-refractivity contribution in [3.8, 4) is 33.1 Å². The van der Waals surface area contributed by atoms with Gasteiger partial charge in [-0.05, 0) is 59.7 Å². The molecule has 0 aliphatic carbocycles. The van der Waals surface area contributed by atoms with E-state index in [1.165, 1.54) is 18.4 Å². The van der Waals surface area contributed by atoms with E-state index in [2.05, 4.69) is 5.32 Å². The van der Waals surface area contributed by atoms with Crippen LogP contribution in [0.2, 0.25) is 0 Å². The molecule has 0 radical (unpaired) electrons. The molecule has 0 unspecified atom stereocenters. The van der Waals surface area contributed by atoms with Gasteiger partial charge in [-0.15, -0.1) is 11.3 Å². The number of carbonyl (C=O) groups is 2. The van der Waals surface area contributed by atoms with Crippen molar-refractivity contribution in [2.45, 2.75) is 6.42 Å². The van der Waals surface area contributed by atoms with E-state index in [9.17, 15) is 9.59 Å². The van der Waals surface area contributed by atoms with Crippen LogP contribution in [-0.2, 0) is 16.0 Å². The molecule has 4 aromatic rings. The minimum Gasteiger partial charge on any atom is -0.497 e. The van der Waals surface area contributed by atoms with E-state index in [1.54, 1.807) is 20.3 Å². The van der Waals surface area contributed by atoms with E-state index >= 15 is 0 Å². The number of anilines is 1. The van der Waals surface area contributed by atoms with Crippen molar-refractivity contribution in [1.29, 1.82) is 0 Å². The average Bonchev–Trinajstić information content (AvgIpc) is 3.36. The van der Waals surface area contributed by atoms with Crippen LogP contribution in [0.15, 0.2) is 78.9 Å². The highest BCUT2D eigenvalue weighted by Crippen LogP contribution is 2.34. The maximum Gasteiger partial charge on any atom is 0.310 e. The van der Waals surface area contributed by atoms with E-state index in [0.717, 1.165) is 26.4 Å². The second-order valence-electron chi connectivity index (χ2n) is 7.70. The molecule has 1 amide bonds. The Morgan fingerprint density at radius 1 is 0.829 bits per heavy atom. The Bertz CT molecular complexity index is 1360. The number of nitrogens with one attached hydrogen (secondary N) is 1. The van der Waals surface area contributed by atoms with E-state index in [-0.39, 0.29) is 18.3 Å². The molecule has 0 fully saturated rings. The quantitative estimate of drug-likeness (QED) is 0.306. The van der Waals surface area contributed by atoms with Crippen molar-refractivity contribution in [2.75, 3.05) is 26.6 Å². The Balaban J connectivity index is 1.53. The third-order valence-electron chi connectivity index (χ3n) is 5.46.